The van der Waals surface area contributed by atoms with Gasteiger partial charge in [0.25, 0.3) is 5.56 Å². The summed E-state index contributed by atoms with van der Waals surface area (Å²) < 4.78 is 8.36. The largest absolute Gasteiger partial charge is 0.475 e. The first-order valence-corrected chi connectivity index (χ1v) is 9.51. The fourth-order valence-corrected chi connectivity index (χ4v) is 3.55. The Bertz CT molecular complexity index is 1170. The molecule has 0 aromatic carbocycles. The molecule has 1 aliphatic heterocycles. The van der Waals surface area contributed by atoms with Crippen LogP contribution in [0.1, 0.15) is 42.5 Å². The molecule has 0 amide bonds. The van der Waals surface area contributed by atoms with Gasteiger partial charge in [0, 0.05) is 13.1 Å². The Hall–Kier alpha value is -3.54. The predicted molar refractivity (Wildman–Crippen MR) is 106 cm³/mol. The Balaban J connectivity index is 1.77. The van der Waals surface area contributed by atoms with E-state index in [2.05, 4.69) is 26.8 Å². The average Bonchev–Trinajstić information content (AvgIpc) is 3.34. The van der Waals surface area contributed by atoms with Crippen molar-refractivity contribution in [1.82, 2.24) is 19.3 Å². The van der Waals surface area contributed by atoms with Gasteiger partial charge in [0.15, 0.2) is 0 Å². The molecule has 9 heteroatoms. The maximum Gasteiger partial charge on any atom is 0.371 e. The summed E-state index contributed by atoms with van der Waals surface area (Å²) in [4.78, 5) is 31.0. The van der Waals surface area contributed by atoms with Gasteiger partial charge in [0.2, 0.25) is 11.7 Å². The lowest BCUT2D eigenvalue weighted by Gasteiger charge is -2.27. The molecule has 0 unspecified atom stereocenters. The van der Waals surface area contributed by atoms with Crippen molar-refractivity contribution in [2.24, 2.45) is 0 Å². The third kappa shape index (κ3) is 3.61. The number of nitrogens with zero attached hydrogens (tertiary/aromatic N) is 5. The fraction of sp³-hybridized carbons (Fsp3) is 0.400. The van der Waals surface area contributed by atoms with Crippen LogP contribution in [0.3, 0.4) is 0 Å². The van der Waals surface area contributed by atoms with Gasteiger partial charge in [-0.1, -0.05) is 5.92 Å². The second-order valence-corrected chi connectivity index (χ2v) is 6.88. The summed E-state index contributed by atoms with van der Waals surface area (Å²) in [6.45, 7) is 3.95. The van der Waals surface area contributed by atoms with Crippen molar-refractivity contribution in [3.05, 3.63) is 40.2 Å². The van der Waals surface area contributed by atoms with Crippen molar-refractivity contribution in [2.45, 2.75) is 39.3 Å². The normalized spacial score (nSPS) is 14.0. The van der Waals surface area contributed by atoms with Gasteiger partial charge in [-0.05, 0) is 38.3 Å². The summed E-state index contributed by atoms with van der Waals surface area (Å²) in [5.41, 5.74) is 0.646. The smallest absolute Gasteiger partial charge is 0.371 e. The zero-order valence-corrected chi connectivity index (χ0v) is 16.1. The molecular weight excluding hydrogens is 374 g/mol. The Kier molecular flexibility index (Phi) is 5.08. The maximum atomic E-state index is 13.2. The molecule has 0 aliphatic carbocycles. The van der Waals surface area contributed by atoms with Gasteiger partial charge in [-0.15, -0.1) is 5.92 Å². The van der Waals surface area contributed by atoms with Crippen molar-refractivity contribution in [3.8, 4) is 11.8 Å². The zero-order valence-electron chi connectivity index (χ0n) is 16.1. The number of aromatic carboxylic acids is 1. The second-order valence-electron chi connectivity index (χ2n) is 6.88. The van der Waals surface area contributed by atoms with Crippen LogP contribution >= 0.6 is 0 Å². The molecule has 3 aromatic rings. The number of imidazole rings is 1. The van der Waals surface area contributed by atoms with E-state index in [0.717, 1.165) is 31.9 Å². The van der Waals surface area contributed by atoms with Crippen molar-refractivity contribution in [3.63, 3.8) is 0 Å². The number of hydrogen-bond donors (Lipinski definition) is 1. The van der Waals surface area contributed by atoms with Crippen LogP contribution < -0.4 is 10.5 Å². The minimum absolute atomic E-state index is 0.0335. The lowest BCUT2D eigenvalue weighted by Crippen LogP contribution is -2.32. The molecule has 0 atom stereocenters. The van der Waals surface area contributed by atoms with Gasteiger partial charge in [0.05, 0.1) is 12.7 Å². The fourth-order valence-electron chi connectivity index (χ4n) is 3.55. The molecule has 1 aliphatic rings. The number of aromatic nitrogens is 4. The van der Waals surface area contributed by atoms with E-state index in [0.29, 0.717) is 23.3 Å². The van der Waals surface area contributed by atoms with Crippen molar-refractivity contribution >= 4 is 23.0 Å². The molecule has 3 aromatic heterocycles. The molecule has 9 nitrogen and oxygen atoms in total. The van der Waals surface area contributed by atoms with E-state index in [1.54, 1.807) is 13.1 Å². The Morgan fingerprint density at radius 1 is 1.28 bits per heavy atom. The molecule has 1 N–H and O–H groups in total. The highest BCUT2D eigenvalue weighted by atomic mass is 16.4. The molecule has 150 valence electrons. The van der Waals surface area contributed by atoms with E-state index in [-0.39, 0.29) is 17.9 Å². The molecule has 0 saturated carbocycles. The molecule has 4 rings (SSSR count). The average molecular weight is 395 g/mol. The number of hydrogen-bond acceptors (Lipinski definition) is 6. The number of carboxylic acid groups (broad SMARTS) is 1. The summed E-state index contributed by atoms with van der Waals surface area (Å²) in [5, 5.41) is 13.2. The van der Waals surface area contributed by atoms with Gasteiger partial charge >= 0.3 is 5.97 Å². The Morgan fingerprint density at radius 2 is 2.07 bits per heavy atom. The van der Waals surface area contributed by atoms with Crippen molar-refractivity contribution in [2.75, 3.05) is 18.0 Å². The molecule has 1 fully saturated rings. The molecule has 1 saturated heterocycles. The highest BCUT2D eigenvalue weighted by molar-refractivity contribution is 5.84. The van der Waals surface area contributed by atoms with E-state index in [1.807, 2.05) is 4.57 Å². The number of piperidine rings is 1. The van der Waals surface area contributed by atoms with Gasteiger partial charge in [-0.25, -0.2) is 14.5 Å². The molecule has 0 radical (unpaired) electrons. The predicted octanol–water partition coefficient (Wildman–Crippen LogP) is 1.95. The quantitative estimate of drug-likeness (QED) is 0.658. The van der Waals surface area contributed by atoms with E-state index in [9.17, 15) is 9.59 Å². The van der Waals surface area contributed by atoms with Crippen LogP contribution in [-0.4, -0.2) is 43.5 Å². The lowest BCUT2D eigenvalue weighted by atomic mass is 10.1. The highest BCUT2D eigenvalue weighted by Gasteiger charge is 2.22. The van der Waals surface area contributed by atoms with Crippen LogP contribution in [0.2, 0.25) is 0 Å². The van der Waals surface area contributed by atoms with Crippen LogP contribution in [-0.2, 0) is 13.1 Å². The topological polar surface area (TPSA) is 106 Å². The van der Waals surface area contributed by atoms with Gasteiger partial charge in [-0.2, -0.15) is 5.10 Å². The van der Waals surface area contributed by atoms with Crippen LogP contribution in [0.5, 0.6) is 0 Å². The first kappa shape index (κ1) is 18.8. The van der Waals surface area contributed by atoms with Crippen LogP contribution in [0, 0.1) is 11.8 Å². The number of furan rings is 1. The molecule has 0 bridgehead atoms. The lowest BCUT2D eigenvalue weighted by molar-refractivity contribution is 0.0660. The Labute approximate surface area is 166 Å². The number of rotatable bonds is 5. The van der Waals surface area contributed by atoms with E-state index in [4.69, 9.17) is 9.52 Å². The summed E-state index contributed by atoms with van der Waals surface area (Å²) >= 11 is 0. The minimum Gasteiger partial charge on any atom is -0.475 e. The third-order valence-electron chi connectivity index (χ3n) is 4.96. The van der Waals surface area contributed by atoms with Gasteiger partial charge in [-0.3, -0.25) is 9.36 Å². The molecule has 0 spiro atoms. The summed E-state index contributed by atoms with van der Waals surface area (Å²) in [7, 11) is 0. The van der Waals surface area contributed by atoms with E-state index >= 15 is 0 Å². The molecular formula is C20H21N5O4. The summed E-state index contributed by atoms with van der Waals surface area (Å²) in [6, 6.07) is 2.89. The number of fused-ring (bicyclic) bond motifs is 1. The van der Waals surface area contributed by atoms with Crippen LogP contribution in [0.15, 0.2) is 27.5 Å². The van der Waals surface area contributed by atoms with E-state index < -0.39 is 5.97 Å². The first-order valence-electron chi connectivity index (χ1n) is 9.51. The zero-order chi connectivity index (χ0) is 20.4. The second kappa shape index (κ2) is 7.83. The third-order valence-corrected chi connectivity index (χ3v) is 4.96. The summed E-state index contributed by atoms with van der Waals surface area (Å²) in [6.07, 6.45) is 4.94. The van der Waals surface area contributed by atoms with Gasteiger partial charge in [0.1, 0.15) is 23.3 Å². The van der Waals surface area contributed by atoms with Crippen LogP contribution in [0.25, 0.3) is 11.0 Å². The maximum absolute atomic E-state index is 13.2. The highest BCUT2D eigenvalue weighted by Crippen LogP contribution is 2.23. The van der Waals surface area contributed by atoms with Gasteiger partial charge < -0.3 is 14.4 Å². The monoisotopic (exact) mass is 395 g/mol. The van der Waals surface area contributed by atoms with Crippen molar-refractivity contribution in [1.29, 1.82) is 0 Å². The SMILES string of the molecule is CC#CCn1c(N2CCCCC2)nc2cnn(Cc3ccc(C(=O)O)o3)c(=O)c21. The number of carbonyl (C=O) groups is 1. The first-order chi connectivity index (χ1) is 14.1. The molecule has 29 heavy (non-hydrogen) atoms. The molecule has 4 heterocycles. The number of anilines is 1. The standard InChI is InChI=1S/C20H21N5O4/c1-2-3-11-24-17-15(22-20(24)23-9-5-4-6-10-23)12-21-25(18(17)26)13-14-7-8-16(29-14)19(27)28/h7-8,12H,4-6,9-11,13H2,1H3,(H,27,28). The van der Waals surface area contributed by atoms with Crippen LogP contribution in [0.4, 0.5) is 5.95 Å². The summed E-state index contributed by atoms with van der Waals surface area (Å²) in [5.74, 6) is 5.65. The Morgan fingerprint density at radius 3 is 2.76 bits per heavy atom. The van der Waals surface area contributed by atoms with E-state index in [1.165, 1.54) is 23.2 Å². The number of carboxylic acids is 1. The minimum atomic E-state index is -1.16. The van der Waals surface area contributed by atoms with Crippen molar-refractivity contribution < 1.29 is 14.3 Å².